The molecule has 0 saturated carbocycles. The van der Waals surface area contributed by atoms with Crippen molar-refractivity contribution in [1.29, 1.82) is 0 Å². The molecule has 0 aliphatic heterocycles. The van der Waals surface area contributed by atoms with Crippen LogP contribution in [0.15, 0.2) is 0 Å². The second kappa shape index (κ2) is 2.46. The Hall–Kier alpha value is -0.0906. The molecule has 0 bridgehead atoms. The van der Waals surface area contributed by atoms with E-state index in [1.807, 2.05) is 0 Å². The van der Waals surface area contributed by atoms with Gasteiger partial charge in [0.1, 0.15) is 0 Å². The van der Waals surface area contributed by atoms with Gasteiger partial charge in [-0.25, -0.2) is 0 Å². The topological polar surface area (TPSA) is 26.3 Å². The van der Waals surface area contributed by atoms with E-state index in [-0.39, 0.29) is 0 Å². The first-order valence-electron chi connectivity index (χ1n) is 1.36. The van der Waals surface area contributed by atoms with Gasteiger partial charge >= 0.3 is 52.9 Å². The zero-order chi connectivity index (χ0) is 6.78. The summed E-state index contributed by atoms with van der Waals surface area (Å²) in [6.45, 7) is 0. The molecule has 0 radical (unpaired) electrons. The Bertz CT molecular complexity index is 97.9. The van der Waals surface area contributed by atoms with Gasteiger partial charge in [-0.2, -0.15) is 0 Å². The molecule has 0 amide bonds. The van der Waals surface area contributed by atoms with Gasteiger partial charge in [0, 0.05) is 0 Å². The van der Waals surface area contributed by atoms with Crippen LogP contribution in [-0.4, -0.2) is 12.1 Å². The third kappa shape index (κ3) is 2.28. The first kappa shape index (κ1) is 7.91. The molecule has 50 valence electrons. The van der Waals surface area contributed by atoms with Crippen LogP contribution in [0.3, 0.4) is 0 Å². The Balaban J connectivity index is 3.82. The van der Waals surface area contributed by atoms with Gasteiger partial charge < -0.3 is 0 Å². The summed E-state index contributed by atoms with van der Waals surface area (Å²) in [4.78, 5) is 9.49. The summed E-state index contributed by atoms with van der Waals surface area (Å²) >= 11 is 0.676. The molecule has 6 heteroatoms. The van der Waals surface area contributed by atoms with Crippen molar-refractivity contribution in [1.82, 2.24) is 0 Å². The predicted molar refractivity (Wildman–Crippen MR) is 12.1 cm³/mol. The van der Waals surface area contributed by atoms with Crippen molar-refractivity contribution >= 4 is 5.97 Å². The fourth-order valence-corrected chi connectivity index (χ4v) is 0.316. The molecule has 0 aromatic rings. The molecular weight excluding hydrogens is 305 g/mol. The van der Waals surface area contributed by atoms with Crippen molar-refractivity contribution in [3.63, 3.8) is 0 Å². The zero-order valence-corrected chi connectivity index (χ0v) is 5.68. The van der Waals surface area contributed by atoms with E-state index in [2.05, 4.69) is 3.50 Å². The summed E-state index contributed by atoms with van der Waals surface area (Å²) in [5.41, 5.74) is 0. The Labute approximate surface area is 53.6 Å². The number of carbonyl (C=O) groups is 1. The molecule has 0 fully saturated rings. The molecule has 0 atom stereocenters. The van der Waals surface area contributed by atoms with Gasteiger partial charge in [0.25, 0.3) is 0 Å². The number of halogens is 3. The molecule has 0 aliphatic rings. The maximum absolute atomic E-state index is 11.0. The molecule has 0 rings (SSSR count). The summed E-state index contributed by atoms with van der Waals surface area (Å²) in [6.07, 6.45) is -4.85. The molecule has 0 aromatic heterocycles. The van der Waals surface area contributed by atoms with Crippen molar-refractivity contribution in [2.75, 3.05) is 0 Å². The third-order valence-electron chi connectivity index (χ3n) is 0.293. The molecule has 8 heavy (non-hydrogen) atoms. The van der Waals surface area contributed by atoms with Crippen molar-refractivity contribution in [3.05, 3.63) is 0 Å². The van der Waals surface area contributed by atoms with E-state index in [1.165, 1.54) is 0 Å². The first-order valence-corrected chi connectivity index (χ1v) is 2.34. The fraction of sp³-hybridized carbons (Fsp3) is 0.500. The van der Waals surface area contributed by atoms with E-state index in [0.717, 1.165) is 0 Å². The zero-order valence-electron chi connectivity index (χ0n) is 3.28. The van der Waals surface area contributed by atoms with Crippen molar-refractivity contribution in [3.8, 4) is 0 Å². The Morgan fingerprint density at radius 2 is 1.88 bits per heavy atom. The van der Waals surface area contributed by atoms with Crippen LogP contribution < -0.4 is 0 Å². The first-order chi connectivity index (χ1) is 3.48. The van der Waals surface area contributed by atoms with Crippen LogP contribution in [0.5, 0.6) is 0 Å². The van der Waals surface area contributed by atoms with E-state index in [9.17, 15) is 18.0 Å². The molecule has 0 N–H and O–H groups in total. The number of rotatable bonds is 0. The molecule has 0 aromatic carbocycles. The van der Waals surface area contributed by atoms with Gasteiger partial charge in [0.15, 0.2) is 0 Å². The van der Waals surface area contributed by atoms with Gasteiger partial charge in [-0.15, -0.1) is 0 Å². The summed E-state index contributed by atoms with van der Waals surface area (Å²) < 4.78 is 36.3. The van der Waals surface area contributed by atoms with Gasteiger partial charge in [-0.1, -0.05) is 0 Å². The standard InChI is InChI=1S/C2HF3O2.Ir/c3-2(4,5)1(6)7;/h(H,6,7);/q;+1/p-1. The van der Waals surface area contributed by atoms with Gasteiger partial charge in [0.2, 0.25) is 0 Å². The number of carbonyl (C=O) groups excluding carboxylic acids is 1. The van der Waals surface area contributed by atoms with Crippen molar-refractivity contribution in [2.45, 2.75) is 6.18 Å². The Kier molecular flexibility index (Phi) is 2.43. The van der Waals surface area contributed by atoms with Crippen LogP contribution in [0.4, 0.5) is 13.2 Å². The summed E-state index contributed by atoms with van der Waals surface area (Å²) in [5, 5.41) is 0. The molecule has 0 aliphatic carbocycles. The number of alkyl halides is 3. The van der Waals surface area contributed by atoms with E-state index in [1.54, 1.807) is 0 Å². The van der Waals surface area contributed by atoms with Crippen LogP contribution in [0.1, 0.15) is 0 Å². The average molecular weight is 305 g/mol. The van der Waals surface area contributed by atoms with Gasteiger partial charge in [0.05, 0.1) is 0 Å². The second-order valence-corrected chi connectivity index (χ2v) is 1.34. The number of hydrogen-bond donors (Lipinski definition) is 0. The van der Waals surface area contributed by atoms with E-state index in [4.69, 9.17) is 0 Å². The van der Waals surface area contributed by atoms with Crippen LogP contribution in [0, 0.1) is 0 Å². The monoisotopic (exact) mass is 306 g/mol. The van der Waals surface area contributed by atoms with Crippen LogP contribution in [0.2, 0.25) is 0 Å². The normalized spacial score (nSPS) is 11.1. The quantitative estimate of drug-likeness (QED) is 0.653. The van der Waals surface area contributed by atoms with Gasteiger partial charge in [-0.05, 0) is 0 Å². The minimum atomic E-state index is -4.85. The predicted octanol–water partition coefficient (Wildman–Crippen LogP) is 0.554. The third-order valence-corrected chi connectivity index (χ3v) is 0.737. The Morgan fingerprint density at radius 3 is 1.88 bits per heavy atom. The van der Waals surface area contributed by atoms with Crippen LogP contribution >= 0.6 is 0 Å². The van der Waals surface area contributed by atoms with Crippen molar-refractivity contribution in [2.24, 2.45) is 0 Å². The van der Waals surface area contributed by atoms with E-state index in [0.29, 0.717) is 19.3 Å². The maximum atomic E-state index is 11.0. The second-order valence-electron chi connectivity index (χ2n) is 0.853. The van der Waals surface area contributed by atoms with E-state index < -0.39 is 12.1 Å². The molecule has 0 spiro atoms. The Morgan fingerprint density at radius 1 is 1.50 bits per heavy atom. The summed E-state index contributed by atoms with van der Waals surface area (Å²) in [5.74, 6) is -2.17. The van der Waals surface area contributed by atoms with Crippen LogP contribution in [-0.2, 0) is 27.6 Å². The molecular formula is C2F3IrO2. The molecule has 0 heterocycles. The van der Waals surface area contributed by atoms with E-state index >= 15 is 0 Å². The fourth-order valence-electron chi connectivity index (χ4n) is 0.0386. The SMILES string of the molecule is O=C([O][Ir])C(F)(F)F. The summed E-state index contributed by atoms with van der Waals surface area (Å²) in [6, 6.07) is 0. The van der Waals surface area contributed by atoms with Crippen molar-refractivity contribution < 1.29 is 40.7 Å². The minimum absolute atomic E-state index is 0.676. The summed E-state index contributed by atoms with van der Waals surface area (Å²) in [7, 11) is 0. The van der Waals surface area contributed by atoms with Crippen LogP contribution in [0.25, 0.3) is 0 Å². The molecule has 0 unspecified atom stereocenters. The average Bonchev–Trinajstić information content (AvgIpc) is 1.62. The number of hydrogen-bond acceptors (Lipinski definition) is 2. The van der Waals surface area contributed by atoms with Gasteiger partial charge in [-0.3, -0.25) is 0 Å². The molecule has 2 nitrogen and oxygen atoms in total. The molecule has 0 saturated heterocycles.